The number of hydrogen-bond donors (Lipinski definition) is 0. The SMILES string of the molecule is C=CCCCCC(=O)N1C[C@H](N(C(=O)CCCCC=C)C(=O)OC(C)(C)C)C1=O. The van der Waals surface area contributed by atoms with Crippen LogP contribution in [0.2, 0.25) is 0 Å². The molecule has 29 heavy (non-hydrogen) atoms. The molecule has 162 valence electrons. The Morgan fingerprint density at radius 3 is 2.10 bits per heavy atom. The quantitative estimate of drug-likeness (QED) is 0.294. The molecule has 0 saturated carbocycles. The summed E-state index contributed by atoms with van der Waals surface area (Å²) in [6, 6.07) is -0.978. The Labute approximate surface area is 173 Å². The highest BCUT2D eigenvalue weighted by Gasteiger charge is 2.48. The van der Waals surface area contributed by atoms with Gasteiger partial charge in [-0.25, -0.2) is 9.69 Å². The third kappa shape index (κ3) is 7.83. The van der Waals surface area contributed by atoms with Crippen LogP contribution >= 0.6 is 0 Å². The first-order valence-electron chi connectivity index (χ1n) is 10.2. The van der Waals surface area contributed by atoms with Crippen molar-refractivity contribution in [1.82, 2.24) is 9.80 Å². The van der Waals surface area contributed by atoms with Gasteiger partial charge in [0.2, 0.25) is 11.8 Å². The molecule has 0 aliphatic carbocycles. The summed E-state index contributed by atoms with van der Waals surface area (Å²) in [6.45, 7) is 12.4. The molecular weight excluding hydrogens is 372 g/mol. The molecule has 0 aromatic heterocycles. The van der Waals surface area contributed by atoms with Gasteiger partial charge in [-0.05, 0) is 59.3 Å². The number of carbonyl (C=O) groups is 4. The van der Waals surface area contributed by atoms with Crippen molar-refractivity contribution in [3.8, 4) is 0 Å². The summed E-state index contributed by atoms with van der Waals surface area (Å²) in [5, 5.41) is 0. The van der Waals surface area contributed by atoms with E-state index in [4.69, 9.17) is 4.74 Å². The highest BCUT2D eigenvalue weighted by Crippen LogP contribution is 2.23. The molecule has 0 aromatic rings. The minimum atomic E-state index is -0.978. The predicted octanol–water partition coefficient (Wildman–Crippen LogP) is 3.98. The van der Waals surface area contributed by atoms with Gasteiger partial charge in [0, 0.05) is 12.8 Å². The zero-order valence-electron chi connectivity index (χ0n) is 17.9. The molecule has 1 fully saturated rings. The fourth-order valence-corrected chi connectivity index (χ4v) is 2.92. The number of hydrogen-bond acceptors (Lipinski definition) is 5. The lowest BCUT2D eigenvalue weighted by atomic mass is 10.0. The molecule has 0 radical (unpaired) electrons. The summed E-state index contributed by atoms with van der Waals surface area (Å²) in [7, 11) is 0. The van der Waals surface area contributed by atoms with Gasteiger partial charge in [-0.2, -0.15) is 0 Å². The van der Waals surface area contributed by atoms with E-state index in [2.05, 4.69) is 13.2 Å². The summed E-state index contributed by atoms with van der Waals surface area (Å²) in [6.07, 6.45) is 7.53. The first-order valence-corrected chi connectivity index (χ1v) is 10.2. The Bertz CT molecular complexity index is 636. The molecule has 0 unspecified atom stereocenters. The van der Waals surface area contributed by atoms with Crippen molar-refractivity contribution in [2.24, 2.45) is 0 Å². The van der Waals surface area contributed by atoms with Gasteiger partial charge in [0.15, 0.2) is 0 Å². The Morgan fingerprint density at radius 2 is 1.62 bits per heavy atom. The van der Waals surface area contributed by atoms with Crippen molar-refractivity contribution < 1.29 is 23.9 Å². The molecule has 1 atom stereocenters. The van der Waals surface area contributed by atoms with Crippen molar-refractivity contribution in [2.75, 3.05) is 6.54 Å². The standard InChI is InChI=1S/C22H34N2O5/c1-6-8-10-12-14-18(25)23-16-17(20(23)27)24(21(28)29-22(3,4)5)19(26)15-13-11-9-7-2/h6-7,17H,1-2,8-16H2,3-5H3/t17-/m0/s1. The Morgan fingerprint density at radius 1 is 1.07 bits per heavy atom. The first-order chi connectivity index (χ1) is 13.6. The summed E-state index contributed by atoms with van der Waals surface area (Å²) >= 11 is 0. The minimum Gasteiger partial charge on any atom is -0.443 e. The summed E-state index contributed by atoms with van der Waals surface area (Å²) in [4.78, 5) is 52.1. The molecule has 1 heterocycles. The number of unbranched alkanes of at least 4 members (excludes halogenated alkanes) is 4. The Kier molecular flexibility index (Phi) is 9.78. The number of ether oxygens (including phenoxy) is 1. The number of likely N-dealkylation sites (tertiary alicyclic amines) is 1. The van der Waals surface area contributed by atoms with E-state index in [0.717, 1.165) is 35.5 Å². The maximum Gasteiger partial charge on any atom is 0.417 e. The van der Waals surface area contributed by atoms with E-state index < -0.39 is 29.6 Å². The molecule has 7 nitrogen and oxygen atoms in total. The van der Waals surface area contributed by atoms with Crippen LogP contribution in [-0.2, 0) is 19.1 Å². The van der Waals surface area contributed by atoms with Crippen molar-refractivity contribution in [1.29, 1.82) is 0 Å². The van der Waals surface area contributed by atoms with Gasteiger partial charge in [0.05, 0.1) is 6.54 Å². The van der Waals surface area contributed by atoms with Crippen LogP contribution in [-0.4, -0.2) is 51.8 Å². The Hall–Kier alpha value is -2.44. The number of amides is 4. The van der Waals surface area contributed by atoms with Gasteiger partial charge in [0.1, 0.15) is 11.6 Å². The molecule has 1 saturated heterocycles. The highest BCUT2D eigenvalue weighted by molar-refractivity contribution is 6.07. The Balaban J connectivity index is 2.75. The molecule has 1 aliphatic rings. The van der Waals surface area contributed by atoms with Crippen LogP contribution in [0, 0.1) is 0 Å². The lowest BCUT2D eigenvalue weighted by Gasteiger charge is -2.42. The molecule has 7 heteroatoms. The number of rotatable bonds is 11. The average molecular weight is 407 g/mol. The largest absolute Gasteiger partial charge is 0.443 e. The minimum absolute atomic E-state index is 0.0246. The summed E-state index contributed by atoms with van der Waals surface area (Å²) in [5.74, 6) is -1.26. The van der Waals surface area contributed by atoms with E-state index >= 15 is 0 Å². The van der Waals surface area contributed by atoms with Crippen LogP contribution in [0.4, 0.5) is 4.79 Å². The average Bonchev–Trinajstić information content (AvgIpc) is 2.63. The maximum atomic E-state index is 12.7. The van der Waals surface area contributed by atoms with Crippen molar-refractivity contribution >= 4 is 23.8 Å². The zero-order chi connectivity index (χ0) is 22.0. The second kappa shape index (κ2) is 11.5. The smallest absolute Gasteiger partial charge is 0.417 e. The number of β-lactam (4-membered cyclic amide) rings is 1. The van der Waals surface area contributed by atoms with E-state index in [0.29, 0.717) is 12.8 Å². The monoisotopic (exact) mass is 406 g/mol. The molecule has 0 bridgehead atoms. The van der Waals surface area contributed by atoms with Gasteiger partial charge >= 0.3 is 6.09 Å². The molecular formula is C22H34N2O5. The maximum absolute atomic E-state index is 12.7. The van der Waals surface area contributed by atoms with Crippen LogP contribution < -0.4 is 0 Å². The van der Waals surface area contributed by atoms with Crippen LogP contribution in [0.5, 0.6) is 0 Å². The number of nitrogens with zero attached hydrogens (tertiary/aromatic N) is 2. The van der Waals surface area contributed by atoms with E-state index in [-0.39, 0.29) is 25.3 Å². The van der Waals surface area contributed by atoms with Crippen molar-refractivity contribution in [2.45, 2.75) is 83.8 Å². The van der Waals surface area contributed by atoms with Gasteiger partial charge in [-0.15, -0.1) is 13.2 Å². The van der Waals surface area contributed by atoms with Crippen LogP contribution in [0.1, 0.15) is 72.1 Å². The molecule has 0 spiro atoms. The van der Waals surface area contributed by atoms with Crippen LogP contribution in [0.3, 0.4) is 0 Å². The van der Waals surface area contributed by atoms with Gasteiger partial charge in [-0.1, -0.05) is 12.2 Å². The lowest BCUT2D eigenvalue weighted by molar-refractivity contribution is -0.164. The third-order valence-electron chi connectivity index (χ3n) is 4.48. The third-order valence-corrected chi connectivity index (χ3v) is 4.48. The molecule has 0 aromatic carbocycles. The van der Waals surface area contributed by atoms with E-state index in [9.17, 15) is 19.2 Å². The normalized spacial score (nSPS) is 16.0. The van der Waals surface area contributed by atoms with E-state index in [1.54, 1.807) is 32.9 Å². The van der Waals surface area contributed by atoms with Gasteiger partial charge < -0.3 is 4.74 Å². The summed E-state index contributed by atoms with van der Waals surface area (Å²) < 4.78 is 5.33. The van der Waals surface area contributed by atoms with Crippen LogP contribution in [0.25, 0.3) is 0 Å². The van der Waals surface area contributed by atoms with E-state index in [1.165, 1.54) is 0 Å². The lowest BCUT2D eigenvalue weighted by Crippen LogP contribution is -2.67. The highest BCUT2D eigenvalue weighted by atomic mass is 16.6. The fourth-order valence-electron chi connectivity index (χ4n) is 2.92. The van der Waals surface area contributed by atoms with Crippen LogP contribution in [0.15, 0.2) is 25.3 Å². The summed E-state index contributed by atoms with van der Waals surface area (Å²) in [5.41, 5.74) is -0.800. The number of carbonyl (C=O) groups excluding carboxylic acids is 4. The number of imide groups is 2. The number of allylic oxidation sites excluding steroid dienone is 2. The molecule has 1 aliphatic heterocycles. The molecule has 1 rings (SSSR count). The second-order valence-electron chi connectivity index (χ2n) is 8.17. The predicted molar refractivity (Wildman–Crippen MR) is 111 cm³/mol. The molecule has 0 N–H and O–H groups in total. The van der Waals surface area contributed by atoms with Crippen molar-refractivity contribution in [3.63, 3.8) is 0 Å². The first kappa shape index (κ1) is 24.6. The fraction of sp³-hybridized carbons (Fsp3) is 0.636. The van der Waals surface area contributed by atoms with E-state index in [1.807, 2.05) is 0 Å². The molecule has 4 amide bonds. The second-order valence-corrected chi connectivity index (χ2v) is 8.17. The van der Waals surface area contributed by atoms with Gasteiger partial charge in [0.25, 0.3) is 5.91 Å². The topological polar surface area (TPSA) is 84.0 Å². The van der Waals surface area contributed by atoms with Crippen molar-refractivity contribution in [3.05, 3.63) is 25.3 Å². The zero-order valence-corrected chi connectivity index (χ0v) is 17.9. The van der Waals surface area contributed by atoms with Gasteiger partial charge in [-0.3, -0.25) is 19.3 Å².